The van der Waals surface area contributed by atoms with Gasteiger partial charge in [0.1, 0.15) is 0 Å². The lowest BCUT2D eigenvalue weighted by molar-refractivity contribution is -0.142. The molecule has 0 aliphatic carbocycles. The van der Waals surface area contributed by atoms with E-state index in [0.717, 1.165) is 29.5 Å². The predicted octanol–water partition coefficient (Wildman–Crippen LogP) is 4.37. The first-order valence-electron chi connectivity index (χ1n) is 10.3. The fraction of sp³-hybridized carbons (Fsp3) is 0.296. The number of methoxy groups -OCH3 is 1. The van der Waals surface area contributed by atoms with Gasteiger partial charge in [-0.3, -0.25) is 4.79 Å². The first kappa shape index (κ1) is 24.0. The molecule has 0 aliphatic heterocycles. The molecule has 0 heterocycles. The molecule has 0 radical (unpaired) electrons. The molecule has 2 aromatic carbocycles. The van der Waals surface area contributed by atoms with Crippen LogP contribution in [0.1, 0.15) is 42.9 Å². The average molecular weight is 417 g/mol. The first-order chi connectivity index (χ1) is 15.1. The number of hydrogen-bond donors (Lipinski definition) is 1. The summed E-state index contributed by atoms with van der Waals surface area (Å²) in [6.45, 7) is 1.96. The van der Waals surface area contributed by atoms with Crippen LogP contribution < -0.4 is 0 Å². The molecule has 4 heteroatoms. The zero-order valence-corrected chi connectivity index (χ0v) is 18.1. The minimum atomic E-state index is -0.809. The maximum absolute atomic E-state index is 11.8. The summed E-state index contributed by atoms with van der Waals surface area (Å²) >= 11 is 0. The van der Waals surface area contributed by atoms with Gasteiger partial charge in [0.15, 0.2) is 6.10 Å². The van der Waals surface area contributed by atoms with Crippen LogP contribution in [-0.2, 0) is 20.9 Å². The van der Waals surface area contributed by atoms with Gasteiger partial charge in [0.05, 0.1) is 12.2 Å². The van der Waals surface area contributed by atoms with E-state index < -0.39 is 12.1 Å². The summed E-state index contributed by atoms with van der Waals surface area (Å²) in [5, 5.41) is 9.67. The van der Waals surface area contributed by atoms with E-state index in [2.05, 4.69) is 23.7 Å². The van der Waals surface area contributed by atoms with Crippen molar-refractivity contribution in [2.45, 2.75) is 38.9 Å². The molecule has 160 valence electrons. The number of carbonyl (C=O) groups excluding carboxylic acids is 1. The molecule has 31 heavy (non-hydrogen) atoms. The molecular weight excluding hydrogens is 388 g/mol. The number of unbranched alkanes of at least 4 members (excludes halogenated alkanes) is 2. The number of aliphatic hydroxyl groups excluding tert-OH is 1. The standard InChI is InChI=1S/C27H28O4/c1-22(29)31-27(18-17-23-12-6-5-7-13-23)25(15-8-3-4-11-19-30-2)20-24-14-9-10-16-26(24)21-28/h5-7,9-10,12-14,16,20,27-28H,3-4,11,19,21H2,1-2H3/b25-20+. The van der Waals surface area contributed by atoms with Gasteiger partial charge in [-0.1, -0.05) is 60.2 Å². The van der Waals surface area contributed by atoms with Crippen LogP contribution in [0.3, 0.4) is 0 Å². The van der Waals surface area contributed by atoms with Gasteiger partial charge in [-0.15, -0.1) is 0 Å². The zero-order chi connectivity index (χ0) is 22.3. The molecule has 0 bridgehead atoms. The maximum Gasteiger partial charge on any atom is 0.304 e. The third kappa shape index (κ3) is 8.93. The molecular formula is C27H28O4. The number of esters is 1. The summed E-state index contributed by atoms with van der Waals surface area (Å²) in [7, 11) is 1.68. The highest BCUT2D eigenvalue weighted by Gasteiger charge is 2.14. The summed E-state index contributed by atoms with van der Waals surface area (Å²) in [5.41, 5.74) is 2.97. The molecule has 2 aromatic rings. The molecule has 0 saturated carbocycles. The van der Waals surface area contributed by atoms with Crippen molar-refractivity contribution in [2.75, 3.05) is 13.7 Å². The van der Waals surface area contributed by atoms with Crippen LogP contribution in [0.25, 0.3) is 6.08 Å². The summed E-state index contributed by atoms with van der Waals surface area (Å²) < 4.78 is 10.6. The van der Waals surface area contributed by atoms with E-state index in [4.69, 9.17) is 9.47 Å². The van der Waals surface area contributed by atoms with Crippen LogP contribution in [0.4, 0.5) is 0 Å². The van der Waals surface area contributed by atoms with Gasteiger partial charge in [-0.05, 0) is 48.1 Å². The third-order valence-corrected chi connectivity index (χ3v) is 4.36. The fourth-order valence-electron chi connectivity index (χ4n) is 2.80. The van der Waals surface area contributed by atoms with E-state index in [1.165, 1.54) is 6.92 Å². The average Bonchev–Trinajstić information content (AvgIpc) is 2.79. The Hall–Kier alpha value is -3.31. The van der Waals surface area contributed by atoms with Crippen molar-refractivity contribution in [3.05, 3.63) is 76.9 Å². The zero-order valence-electron chi connectivity index (χ0n) is 18.1. The topological polar surface area (TPSA) is 55.8 Å². The predicted molar refractivity (Wildman–Crippen MR) is 123 cm³/mol. The summed E-state index contributed by atoms with van der Waals surface area (Å²) in [5.74, 6) is 12.0. The van der Waals surface area contributed by atoms with Crippen molar-refractivity contribution in [1.29, 1.82) is 0 Å². The largest absolute Gasteiger partial charge is 0.444 e. The second-order valence-corrected chi connectivity index (χ2v) is 6.83. The Morgan fingerprint density at radius 2 is 1.84 bits per heavy atom. The van der Waals surface area contributed by atoms with Gasteiger partial charge in [0, 0.05) is 32.6 Å². The molecule has 1 atom stereocenters. The minimum Gasteiger partial charge on any atom is -0.444 e. The summed E-state index contributed by atoms with van der Waals surface area (Å²) in [6.07, 6.45) is 3.56. The normalized spacial score (nSPS) is 11.5. The molecule has 0 fully saturated rings. The molecule has 0 amide bonds. The van der Waals surface area contributed by atoms with Gasteiger partial charge in [-0.2, -0.15) is 0 Å². The molecule has 0 saturated heterocycles. The van der Waals surface area contributed by atoms with Gasteiger partial charge in [0.25, 0.3) is 0 Å². The smallest absolute Gasteiger partial charge is 0.304 e. The van der Waals surface area contributed by atoms with Crippen molar-refractivity contribution >= 4 is 12.0 Å². The molecule has 2 rings (SSSR count). The van der Waals surface area contributed by atoms with E-state index in [1.54, 1.807) is 7.11 Å². The molecule has 4 nitrogen and oxygen atoms in total. The number of benzene rings is 2. The third-order valence-electron chi connectivity index (χ3n) is 4.36. The van der Waals surface area contributed by atoms with Crippen molar-refractivity contribution in [3.63, 3.8) is 0 Å². The highest BCUT2D eigenvalue weighted by atomic mass is 16.5. The molecule has 1 N–H and O–H groups in total. The van der Waals surface area contributed by atoms with Crippen LogP contribution in [0.2, 0.25) is 0 Å². The highest BCUT2D eigenvalue weighted by molar-refractivity contribution is 5.69. The SMILES string of the molecule is COCCCCC#C/C(=C\c1ccccc1CO)C(C#Cc1ccccc1)OC(C)=O. The second-order valence-electron chi connectivity index (χ2n) is 6.83. The molecule has 0 spiro atoms. The second kappa shape index (κ2) is 13.8. The number of aliphatic hydroxyl groups is 1. The Balaban J connectivity index is 2.40. The quantitative estimate of drug-likeness (QED) is 0.395. The van der Waals surface area contributed by atoms with E-state index in [-0.39, 0.29) is 6.61 Å². The summed E-state index contributed by atoms with van der Waals surface area (Å²) in [4.78, 5) is 11.8. The Morgan fingerprint density at radius 3 is 2.55 bits per heavy atom. The van der Waals surface area contributed by atoms with E-state index in [1.807, 2.05) is 60.7 Å². The van der Waals surface area contributed by atoms with Crippen molar-refractivity contribution in [3.8, 4) is 23.7 Å². The maximum atomic E-state index is 11.8. The van der Waals surface area contributed by atoms with Crippen LogP contribution in [0.15, 0.2) is 60.2 Å². The monoisotopic (exact) mass is 416 g/mol. The van der Waals surface area contributed by atoms with Gasteiger partial charge in [0.2, 0.25) is 0 Å². The number of ether oxygens (including phenoxy) is 2. The lowest BCUT2D eigenvalue weighted by Crippen LogP contribution is -2.16. The Kier molecular flexibility index (Phi) is 10.7. The molecule has 1 unspecified atom stereocenters. The Morgan fingerprint density at radius 1 is 1.10 bits per heavy atom. The van der Waals surface area contributed by atoms with Crippen molar-refractivity contribution in [2.24, 2.45) is 0 Å². The Bertz CT molecular complexity index is 984. The van der Waals surface area contributed by atoms with Gasteiger partial charge in [-0.25, -0.2) is 0 Å². The van der Waals surface area contributed by atoms with E-state index in [0.29, 0.717) is 18.6 Å². The Labute approximate surface area is 184 Å². The molecule has 0 aliphatic rings. The number of carbonyl (C=O) groups is 1. The fourth-order valence-corrected chi connectivity index (χ4v) is 2.80. The number of hydrogen-bond acceptors (Lipinski definition) is 4. The molecule has 0 aromatic heterocycles. The van der Waals surface area contributed by atoms with Crippen molar-refractivity contribution < 1.29 is 19.4 Å². The lowest BCUT2D eigenvalue weighted by Gasteiger charge is -2.12. The van der Waals surface area contributed by atoms with Crippen LogP contribution >= 0.6 is 0 Å². The first-order valence-corrected chi connectivity index (χ1v) is 10.3. The summed E-state index contributed by atoms with van der Waals surface area (Å²) in [6, 6.07) is 17.0. The minimum absolute atomic E-state index is 0.0989. The van der Waals surface area contributed by atoms with Gasteiger partial charge >= 0.3 is 5.97 Å². The van der Waals surface area contributed by atoms with Crippen LogP contribution in [-0.4, -0.2) is 30.9 Å². The highest BCUT2D eigenvalue weighted by Crippen LogP contribution is 2.17. The van der Waals surface area contributed by atoms with Gasteiger partial charge < -0.3 is 14.6 Å². The lowest BCUT2D eigenvalue weighted by atomic mass is 10.0. The van der Waals surface area contributed by atoms with Crippen molar-refractivity contribution in [1.82, 2.24) is 0 Å². The van der Waals surface area contributed by atoms with E-state index in [9.17, 15) is 9.90 Å². The van der Waals surface area contributed by atoms with Crippen LogP contribution in [0, 0.1) is 23.7 Å². The van der Waals surface area contributed by atoms with E-state index >= 15 is 0 Å². The van der Waals surface area contributed by atoms with Crippen LogP contribution in [0.5, 0.6) is 0 Å². The number of rotatable bonds is 8.